The van der Waals surface area contributed by atoms with Gasteiger partial charge in [-0.25, -0.2) is 0 Å². The number of likely N-dealkylation sites (tertiary alicyclic amines) is 1. The van der Waals surface area contributed by atoms with Crippen molar-refractivity contribution in [2.75, 3.05) is 13.1 Å². The average Bonchev–Trinajstić information content (AvgIpc) is 2.94. The summed E-state index contributed by atoms with van der Waals surface area (Å²) in [4.78, 5) is 13.7. The standard InChI is InChI=1S/C18H29N3O2/c1-13(22)19-17-10-14(18(17,2)3)9-15-11-16(23-20-15)12-21-7-5-4-6-8-21/h11,14,17H,4-10,12H2,1-3H3,(H,19,22)/t14-,17+/m1/s1. The Morgan fingerprint density at radius 1 is 1.39 bits per heavy atom. The molecule has 1 aromatic rings. The summed E-state index contributed by atoms with van der Waals surface area (Å²) in [5.41, 5.74) is 1.17. The second-order valence-electron chi connectivity index (χ2n) is 7.83. The Bertz CT molecular complexity index is 546. The van der Waals surface area contributed by atoms with Gasteiger partial charge < -0.3 is 9.84 Å². The Labute approximate surface area is 138 Å². The van der Waals surface area contributed by atoms with Gasteiger partial charge in [-0.2, -0.15) is 0 Å². The van der Waals surface area contributed by atoms with E-state index < -0.39 is 0 Å². The van der Waals surface area contributed by atoms with Gasteiger partial charge in [-0.3, -0.25) is 9.69 Å². The van der Waals surface area contributed by atoms with Crippen LogP contribution >= 0.6 is 0 Å². The summed E-state index contributed by atoms with van der Waals surface area (Å²) in [6.07, 6.45) is 5.90. The van der Waals surface area contributed by atoms with E-state index in [1.165, 1.54) is 32.4 Å². The number of hydrogen-bond donors (Lipinski definition) is 1. The Morgan fingerprint density at radius 2 is 2.13 bits per heavy atom. The molecule has 3 rings (SSSR count). The first-order valence-corrected chi connectivity index (χ1v) is 8.89. The van der Waals surface area contributed by atoms with Crippen molar-refractivity contribution in [2.45, 2.75) is 65.5 Å². The SMILES string of the molecule is CC(=O)N[C@H]1C[C@@H](Cc2cc(CN3CCCCC3)on2)C1(C)C. The Balaban J connectivity index is 1.52. The molecular formula is C18H29N3O2. The average molecular weight is 319 g/mol. The fourth-order valence-electron chi connectivity index (χ4n) is 3.97. The minimum atomic E-state index is 0.0618. The fourth-order valence-corrected chi connectivity index (χ4v) is 3.97. The second-order valence-corrected chi connectivity index (χ2v) is 7.83. The summed E-state index contributed by atoms with van der Waals surface area (Å²) in [5.74, 6) is 1.59. The Hall–Kier alpha value is -1.36. The van der Waals surface area contributed by atoms with E-state index in [0.717, 1.165) is 30.8 Å². The van der Waals surface area contributed by atoms with Crippen LogP contribution in [-0.2, 0) is 17.8 Å². The molecule has 1 aliphatic carbocycles. The fraction of sp³-hybridized carbons (Fsp3) is 0.778. The van der Waals surface area contributed by atoms with E-state index in [0.29, 0.717) is 5.92 Å². The molecule has 1 amide bonds. The van der Waals surface area contributed by atoms with Gasteiger partial charge in [0.15, 0.2) is 5.76 Å². The highest BCUT2D eigenvalue weighted by Crippen LogP contribution is 2.47. The van der Waals surface area contributed by atoms with Gasteiger partial charge in [-0.05, 0) is 50.1 Å². The Kier molecular flexibility index (Phi) is 4.76. The molecular weight excluding hydrogens is 290 g/mol. The molecule has 1 aliphatic heterocycles. The van der Waals surface area contributed by atoms with Gasteiger partial charge >= 0.3 is 0 Å². The summed E-state index contributed by atoms with van der Waals surface area (Å²) in [5, 5.41) is 7.32. The van der Waals surface area contributed by atoms with Crippen LogP contribution in [0.25, 0.3) is 0 Å². The van der Waals surface area contributed by atoms with E-state index in [-0.39, 0.29) is 17.4 Å². The number of carbonyl (C=O) groups excluding carboxylic acids is 1. The monoisotopic (exact) mass is 319 g/mol. The third-order valence-electron chi connectivity index (χ3n) is 5.74. The quantitative estimate of drug-likeness (QED) is 0.906. The first kappa shape index (κ1) is 16.5. The summed E-state index contributed by atoms with van der Waals surface area (Å²) < 4.78 is 5.54. The van der Waals surface area contributed by atoms with Gasteiger partial charge in [0, 0.05) is 19.0 Å². The third kappa shape index (κ3) is 3.77. The number of piperidine rings is 1. The highest BCUT2D eigenvalue weighted by atomic mass is 16.5. The minimum Gasteiger partial charge on any atom is -0.360 e. The lowest BCUT2D eigenvalue weighted by Gasteiger charge is -2.52. The van der Waals surface area contributed by atoms with Crippen LogP contribution in [0.1, 0.15) is 57.9 Å². The molecule has 1 N–H and O–H groups in total. The van der Waals surface area contributed by atoms with E-state index in [2.05, 4.69) is 35.3 Å². The molecule has 0 radical (unpaired) electrons. The van der Waals surface area contributed by atoms with Crippen molar-refractivity contribution in [2.24, 2.45) is 11.3 Å². The summed E-state index contributed by atoms with van der Waals surface area (Å²) in [7, 11) is 0. The van der Waals surface area contributed by atoms with Crippen molar-refractivity contribution < 1.29 is 9.32 Å². The number of nitrogens with zero attached hydrogens (tertiary/aromatic N) is 2. The van der Waals surface area contributed by atoms with Crippen LogP contribution in [0.15, 0.2) is 10.6 Å². The molecule has 2 fully saturated rings. The zero-order chi connectivity index (χ0) is 16.4. The van der Waals surface area contributed by atoms with Crippen LogP contribution in [0, 0.1) is 11.3 Å². The highest BCUT2D eigenvalue weighted by Gasteiger charge is 2.48. The van der Waals surface area contributed by atoms with Gasteiger partial charge in [0.1, 0.15) is 0 Å². The van der Waals surface area contributed by atoms with Crippen LogP contribution in [0.2, 0.25) is 0 Å². The van der Waals surface area contributed by atoms with Gasteiger partial charge in [0.2, 0.25) is 5.91 Å². The van der Waals surface area contributed by atoms with Crippen molar-refractivity contribution in [3.05, 3.63) is 17.5 Å². The first-order valence-electron chi connectivity index (χ1n) is 8.89. The van der Waals surface area contributed by atoms with Gasteiger partial charge in [-0.15, -0.1) is 0 Å². The number of rotatable bonds is 5. The number of nitrogens with one attached hydrogen (secondary N) is 1. The predicted octanol–water partition coefficient (Wildman–Crippen LogP) is 2.75. The summed E-state index contributed by atoms with van der Waals surface area (Å²) in [6.45, 7) is 9.28. The van der Waals surface area contributed by atoms with Crippen molar-refractivity contribution in [3.8, 4) is 0 Å². The molecule has 2 aliphatic rings. The van der Waals surface area contributed by atoms with Crippen molar-refractivity contribution in [1.29, 1.82) is 0 Å². The van der Waals surface area contributed by atoms with Crippen LogP contribution in [-0.4, -0.2) is 35.1 Å². The van der Waals surface area contributed by atoms with Crippen LogP contribution in [0.4, 0.5) is 0 Å². The maximum atomic E-state index is 11.2. The van der Waals surface area contributed by atoms with E-state index in [9.17, 15) is 4.79 Å². The van der Waals surface area contributed by atoms with E-state index in [4.69, 9.17) is 4.52 Å². The first-order chi connectivity index (χ1) is 10.9. The summed E-state index contributed by atoms with van der Waals surface area (Å²) >= 11 is 0. The smallest absolute Gasteiger partial charge is 0.217 e. The normalized spacial score (nSPS) is 27.4. The third-order valence-corrected chi connectivity index (χ3v) is 5.74. The molecule has 1 saturated carbocycles. The van der Waals surface area contributed by atoms with E-state index in [1.54, 1.807) is 6.92 Å². The second kappa shape index (κ2) is 6.63. The molecule has 128 valence electrons. The zero-order valence-electron chi connectivity index (χ0n) is 14.6. The van der Waals surface area contributed by atoms with Crippen molar-refractivity contribution in [3.63, 3.8) is 0 Å². The lowest BCUT2D eigenvalue weighted by Crippen LogP contribution is -2.58. The lowest BCUT2D eigenvalue weighted by molar-refractivity contribution is -0.123. The molecule has 1 saturated heterocycles. The minimum absolute atomic E-state index is 0.0618. The zero-order valence-corrected chi connectivity index (χ0v) is 14.6. The lowest BCUT2D eigenvalue weighted by atomic mass is 9.57. The number of amides is 1. The van der Waals surface area contributed by atoms with Crippen LogP contribution in [0.5, 0.6) is 0 Å². The maximum absolute atomic E-state index is 11.2. The topological polar surface area (TPSA) is 58.4 Å². The largest absolute Gasteiger partial charge is 0.360 e. The van der Waals surface area contributed by atoms with Gasteiger partial charge in [0.25, 0.3) is 0 Å². The number of carbonyl (C=O) groups is 1. The van der Waals surface area contributed by atoms with Gasteiger partial charge in [-0.1, -0.05) is 25.4 Å². The van der Waals surface area contributed by atoms with E-state index in [1.807, 2.05) is 0 Å². The molecule has 5 heteroatoms. The predicted molar refractivity (Wildman–Crippen MR) is 88.8 cm³/mol. The van der Waals surface area contributed by atoms with Crippen LogP contribution in [0.3, 0.4) is 0 Å². The molecule has 0 bridgehead atoms. The number of aromatic nitrogens is 1. The van der Waals surface area contributed by atoms with Crippen molar-refractivity contribution in [1.82, 2.24) is 15.4 Å². The molecule has 0 aromatic carbocycles. The highest BCUT2D eigenvalue weighted by molar-refractivity contribution is 5.73. The van der Waals surface area contributed by atoms with E-state index >= 15 is 0 Å². The number of hydrogen-bond acceptors (Lipinski definition) is 4. The molecule has 1 aromatic heterocycles. The summed E-state index contributed by atoms with van der Waals surface area (Å²) in [6, 6.07) is 2.40. The van der Waals surface area contributed by atoms with Crippen LogP contribution < -0.4 is 5.32 Å². The Morgan fingerprint density at radius 3 is 2.78 bits per heavy atom. The molecule has 5 nitrogen and oxygen atoms in total. The molecule has 0 spiro atoms. The van der Waals surface area contributed by atoms with Crippen molar-refractivity contribution >= 4 is 5.91 Å². The molecule has 23 heavy (non-hydrogen) atoms. The molecule has 0 unspecified atom stereocenters. The maximum Gasteiger partial charge on any atom is 0.217 e. The molecule has 2 heterocycles. The molecule has 2 atom stereocenters. The van der Waals surface area contributed by atoms with Gasteiger partial charge in [0.05, 0.1) is 12.2 Å².